The zero-order valence-corrected chi connectivity index (χ0v) is 10.7. The number of hydrazone groups is 1. The molecule has 0 aliphatic carbocycles. The number of carbonyl (C=O) groups is 1. The number of halogens is 1. The first-order valence-electron chi connectivity index (χ1n) is 5.80. The molecule has 17 heavy (non-hydrogen) atoms. The van der Waals surface area contributed by atoms with Crippen LogP contribution in [0.5, 0.6) is 0 Å². The number of hydrogen-bond donors (Lipinski definition) is 1. The van der Waals surface area contributed by atoms with E-state index in [-0.39, 0.29) is 5.91 Å². The Balaban J connectivity index is 2.35. The highest BCUT2D eigenvalue weighted by molar-refractivity contribution is 6.33. The second kappa shape index (κ2) is 7.85. The highest BCUT2D eigenvalue weighted by atomic mass is 35.5. The molecule has 0 fully saturated rings. The Bertz CT molecular complexity index is 391. The van der Waals surface area contributed by atoms with Crippen molar-refractivity contribution in [2.75, 3.05) is 0 Å². The number of benzene rings is 1. The van der Waals surface area contributed by atoms with Crippen molar-refractivity contribution in [2.24, 2.45) is 5.10 Å². The summed E-state index contributed by atoms with van der Waals surface area (Å²) < 4.78 is 0. The smallest absolute Gasteiger partial charge is 0.240 e. The van der Waals surface area contributed by atoms with E-state index in [2.05, 4.69) is 17.5 Å². The first kappa shape index (κ1) is 13.7. The number of rotatable bonds is 6. The molecule has 0 aliphatic heterocycles. The van der Waals surface area contributed by atoms with Gasteiger partial charge in [-0.2, -0.15) is 5.10 Å². The first-order valence-corrected chi connectivity index (χ1v) is 6.18. The SMILES string of the molecule is CCCCCC(=O)N/N=C\c1ccccc1Cl. The van der Waals surface area contributed by atoms with Crippen LogP contribution < -0.4 is 5.43 Å². The van der Waals surface area contributed by atoms with Gasteiger partial charge in [0.1, 0.15) is 0 Å². The molecule has 1 rings (SSSR count). The lowest BCUT2D eigenvalue weighted by Gasteiger charge is -1.99. The van der Waals surface area contributed by atoms with Gasteiger partial charge in [-0.1, -0.05) is 49.6 Å². The second-order valence-corrected chi connectivity index (χ2v) is 4.18. The third-order valence-electron chi connectivity index (χ3n) is 2.31. The van der Waals surface area contributed by atoms with Gasteiger partial charge in [0.25, 0.3) is 0 Å². The molecule has 0 saturated carbocycles. The lowest BCUT2D eigenvalue weighted by atomic mass is 10.2. The number of amides is 1. The topological polar surface area (TPSA) is 41.5 Å². The maximum absolute atomic E-state index is 11.3. The Morgan fingerprint density at radius 1 is 1.41 bits per heavy atom. The second-order valence-electron chi connectivity index (χ2n) is 3.77. The van der Waals surface area contributed by atoms with Gasteiger partial charge < -0.3 is 0 Å². The summed E-state index contributed by atoms with van der Waals surface area (Å²) in [7, 11) is 0. The van der Waals surface area contributed by atoms with Crippen molar-refractivity contribution in [1.29, 1.82) is 0 Å². The molecule has 0 aliphatic rings. The predicted octanol–water partition coefficient (Wildman–Crippen LogP) is 3.37. The zero-order chi connectivity index (χ0) is 12.5. The molecule has 0 spiro atoms. The van der Waals surface area contributed by atoms with Gasteiger partial charge in [0.05, 0.1) is 6.21 Å². The summed E-state index contributed by atoms with van der Waals surface area (Å²) in [6, 6.07) is 7.35. The Kier molecular flexibility index (Phi) is 6.33. The molecule has 1 aromatic carbocycles. The predicted molar refractivity (Wildman–Crippen MR) is 71.3 cm³/mol. The van der Waals surface area contributed by atoms with Gasteiger partial charge in [0, 0.05) is 17.0 Å². The molecule has 0 unspecified atom stereocenters. The van der Waals surface area contributed by atoms with Gasteiger partial charge in [-0.3, -0.25) is 4.79 Å². The summed E-state index contributed by atoms with van der Waals surface area (Å²) in [4.78, 5) is 11.3. The molecule has 1 aromatic rings. The molecule has 92 valence electrons. The van der Waals surface area contributed by atoms with Crippen molar-refractivity contribution in [3.8, 4) is 0 Å². The number of unbranched alkanes of at least 4 members (excludes halogenated alkanes) is 2. The monoisotopic (exact) mass is 252 g/mol. The minimum Gasteiger partial charge on any atom is -0.273 e. The maximum Gasteiger partial charge on any atom is 0.240 e. The lowest BCUT2D eigenvalue weighted by molar-refractivity contribution is -0.121. The van der Waals surface area contributed by atoms with Crippen LogP contribution in [0.2, 0.25) is 5.02 Å². The molecule has 0 radical (unpaired) electrons. The van der Waals surface area contributed by atoms with Gasteiger partial charge >= 0.3 is 0 Å². The van der Waals surface area contributed by atoms with Crippen LogP contribution in [0.1, 0.15) is 38.2 Å². The van der Waals surface area contributed by atoms with Crippen LogP contribution in [0.4, 0.5) is 0 Å². The van der Waals surface area contributed by atoms with Crippen LogP contribution in [-0.4, -0.2) is 12.1 Å². The maximum atomic E-state index is 11.3. The average molecular weight is 253 g/mol. The van der Waals surface area contributed by atoms with Crippen molar-refractivity contribution >= 4 is 23.7 Å². The molecular formula is C13H17ClN2O. The minimum atomic E-state index is -0.0539. The fraction of sp³-hybridized carbons (Fsp3) is 0.385. The lowest BCUT2D eigenvalue weighted by Crippen LogP contribution is -2.16. The largest absolute Gasteiger partial charge is 0.273 e. The summed E-state index contributed by atoms with van der Waals surface area (Å²) in [5.41, 5.74) is 3.28. The van der Waals surface area contributed by atoms with Crippen LogP contribution in [0.25, 0.3) is 0 Å². The number of nitrogens with one attached hydrogen (secondary N) is 1. The van der Waals surface area contributed by atoms with E-state index in [1.165, 1.54) is 0 Å². The van der Waals surface area contributed by atoms with E-state index in [1.54, 1.807) is 12.3 Å². The van der Waals surface area contributed by atoms with Crippen molar-refractivity contribution in [3.63, 3.8) is 0 Å². The number of nitrogens with zero attached hydrogens (tertiary/aromatic N) is 1. The normalized spacial score (nSPS) is 10.7. The van der Waals surface area contributed by atoms with Crippen LogP contribution >= 0.6 is 11.6 Å². The van der Waals surface area contributed by atoms with E-state index < -0.39 is 0 Å². The fourth-order valence-electron chi connectivity index (χ4n) is 1.35. The van der Waals surface area contributed by atoms with Crippen molar-refractivity contribution in [2.45, 2.75) is 32.6 Å². The Hall–Kier alpha value is -1.35. The van der Waals surface area contributed by atoms with E-state index in [4.69, 9.17) is 11.6 Å². The minimum absolute atomic E-state index is 0.0539. The summed E-state index contributed by atoms with van der Waals surface area (Å²) >= 11 is 5.94. The molecule has 1 amide bonds. The van der Waals surface area contributed by atoms with Crippen LogP contribution in [0.3, 0.4) is 0 Å². The first-order chi connectivity index (χ1) is 8.24. The molecule has 0 bridgehead atoms. The van der Waals surface area contributed by atoms with Gasteiger partial charge in [0.15, 0.2) is 0 Å². The Morgan fingerprint density at radius 3 is 2.88 bits per heavy atom. The van der Waals surface area contributed by atoms with Crippen molar-refractivity contribution in [3.05, 3.63) is 34.9 Å². The van der Waals surface area contributed by atoms with Crippen LogP contribution in [0.15, 0.2) is 29.4 Å². The van der Waals surface area contributed by atoms with Gasteiger partial charge in [-0.25, -0.2) is 5.43 Å². The van der Waals surface area contributed by atoms with Crippen molar-refractivity contribution in [1.82, 2.24) is 5.43 Å². The van der Waals surface area contributed by atoms with E-state index in [1.807, 2.05) is 18.2 Å². The molecule has 4 heteroatoms. The van der Waals surface area contributed by atoms with Crippen LogP contribution in [-0.2, 0) is 4.79 Å². The van der Waals surface area contributed by atoms with E-state index in [0.717, 1.165) is 24.8 Å². The number of hydrogen-bond acceptors (Lipinski definition) is 2. The van der Waals surface area contributed by atoms with Crippen molar-refractivity contribution < 1.29 is 4.79 Å². The van der Waals surface area contributed by atoms with Gasteiger partial charge in [0.2, 0.25) is 5.91 Å². The van der Waals surface area contributed by atoms with E-state index >= 15 is 0 Å². The third kappa shape index (κ3) is 5.50. The van der Waals surface area contributed by atoms with E-state index in [0.29, 0.717) is 11.4 Å². The third-order valence-corrected chi connectivity index (χ3v) is 2.65. The molecular weight excluding hydrogens is 236 g/mol. The molecule has 1 N–H and O–H groups in total. The molecule has 0 heterocycles. The van der Waals surface area contributed by atoms with Gasteiger partial charge in [-0.05, 0) is 12.5 Å². The van der Waals surface area contributed by atoms with Crippen LogP contribution in [0, 0.1) is 0 Å². The summed E-state index contributed by atoms with van der Waals surface area (Å²) in [6.07, 6.45) is 5.16. The highest BCUT2D eigenvalue weighted by Crippen LogP contribution is 2.11. The molecule has 0 saturated heterocycles. The zero-order valence-electron chi connectivity index (χ0n) is 9.95. The quantitative estimate of drug-likeness (QED) is 0.471. The van der Waals surface area contributed by atoms with E-state index in [9.17, 15) is 4.79 Å². The summed E-state index contributed by atoms with van der Waals surface area (Å²) in [6.45, 7) is 2.10. The molecule has 3 nitrogen and oxygen atoms in total. The molecule has 0 aromatic heterocycles. The van der Waals surface area contributed by atoms with Gasteiger partial charge in [-0.15, -0.1) is 0 Å². The summed E-state index contributed by atoms with van der Waals surface area (Å²) in [5.74, 6) is -0.0539. The number of carbonyl (C=O) groups excluding carboxylic acids is 1. The Labute approximate surface area is 107 Å². The highest BCUT2D eigenvalue weighted by Gasteiger charge is 1.98. The average Bonchev–Trinajstić information content (AvgIpc) is 2.32. The summed E-state index contributed by atoms with van der Waals surface area (Å²) in [5, 5.41) is 4.49. The fourth-order valence-corrected chi connectivity index (χ4v) is 1.53. The Morgan fingerprint density at radius 2 is 2.18 bits per heavy atom. The molecule has 0 atom stereocenters. The standard InChI is InChI=1S/C13H17ClN2O/c1-2-3-4-9-13(17)16-15-10-11-7-5-6-8-12(11)14/h5-8,10H,2-4,9H2,1H3,(H,16,17)/b15-10-.